The Morgan fingerprint density at radius 3 is 2.67 bits per heavy atom. The van der Waals surface area contributed by atoms with Gasteiger partial charge in [0.15, 0.2) is 0 Å². The predicted octanol–water partition coefficient (Wildman–Crippen LogP) is 1.39. The van der Waals surface area contributed by atoms with Gasteiger partial charge in [0.05, 0.1) is 11.7 Å². The highest BCUT2D eigenvalue weighted by molar-refractivity contribution is 5.94. The Labute approximate surface area is 72.3 Å². The molecule has 4 atom stereocenters. The van der Waals surface area contributed by atoms with E-state index in [1.165, 1.54) is 0 Å². The first-order valence-corrected chi connectivity index (χ1v) is 4.70. The summed E-state index contributed by atoms with van der Waals surface area (Å²) in [4.78, 5) is 11.6. The van der Waals surface area contributed by atoms with Crippen LogP contribution in [-0.2, 0) is 9.53 Å². The van der Waals surface area contributed by atoms with Gasteiger partial charge in [-0.3, -0.25) is 4.79 Å². The molecule has 1 saturated heterocycles. The molecule has 0 bridgehead atoms. The zero-order chi connectivity index (χ0) is 8.72. The van der Waals surface area contributed by atoms with Crippen LogP contribution in [0.15, 0.2) is 0 Å². The molecule has 2 aliphatic carbocycles. The fourth-order valence-corrected chi connectivity index (χ4v) is 3.61. The number of carbonyl (C=O) groups excluding carboxylic acids is 1. The van der Waals surface area contributed by atoms with E-state index in [9.17, 15) is 4.79 Å². The predicted molar refractivity (Wildman–Crippen MR) is 43.7 cm³/mol. The highest BCUT2D eigenvalue weighted by Gasteiger charge is 2.77. The maximum absolute atomic E-state index is 11.6. The summed E-state index contributed by atoms with van der Waals surface area (Å²) < 4.78 is 5.61. The fourth-order valence-electron chi connectivity index (χ4n) is 3.61. The summed E-state index contributed by atoms with van der Waals surface area (Å²) in [5, 5.41) is 0. The topological polar surface area (TPSA) is 29.6 Å². The quantitative estimate of drug-likeness (QED) is 0.509. The summed E-state index contributed by atoms with van der Waals surface area (Å²) >= 11 is 0. The monoisotopic (exact) mass is 166 g/mol. The lowest BCUT2D eigenvalue weighted by Gasteiger charge is -2.49. The highest BCUT2D eigenvalue weighted by atomic mass is 16.6. The zero-order valence-corrected chi connectivity index (χ0v) is 7.76. The fraction of sp³-hybridized carbons (Fsp3) is 0.900. The molecule has 3 fully saturated rings. The molecule has 2 nitrogen and oxygen atoms in total. The van der Waals surface area contributed by atoms with Crippen LogP contribution in [0.1, 0.15) is 27.2 Å². The largest absolute Gasteiger partial charge is 0.366 e. The summed E-state index contributed by atoms with van der Waals surface area (Å²) in [6.07, 6.45) is 1.39. The van der Waals surface area contributed by atoms with Crippen LogP contribution in [0.4, 0.5) is 0 Å². The number of ketones is 1. The Morgan fingerprint density at radius 1 is 1.42 bits per heavy atom. The lowest BCUT2D eigenvalue weighted by atomic mass is 9.53. The normalized spacial score (nSPS) is 58.9. The molecule has 0 spiro atoms. The molecule has 2 saturated carbocycles. The molecule has 0 radical (unpaired) electrons. The summed E-state index contributed by atoms with van der Waals surface area (Å²) in [7, 11) is 0. The third kappa shape index (κ3) is 0.481. The number of Topliss-reactive ketones (excluding diaryl/α,β-unsaturated/α-hetero) is 1. The van der Waals surface area contributed by atoms with E-state index in [-0.39, 0.29) is 11.0 Å². The van der Waals surface area contributed by atoms with Crippen LogP contribution in [0, 0.1) is 17.3 Å². The Balaban J connectivity index is 2.01. The van der Waals surface area contributed by atoms with Crippen molar-refractivity contribution in [3.8, 4) is 0 Å². The molecule has 1 heterocycles. The molecule has 66 valence electrons. The summed E-state index contributed by atoms with van der Waals surface area (Å²) in [5.74, 6) is 1.30. The summed E-state index contributed by atoms with van der Waals surface area (Å²) in [6, 6.07) is 0. The van der Waals surface area contributed by atoms with Crippen molar-refractivity contribution in [3.63, 3.8) is 0 Å². The number of carbonyl (C=O) groups is 1. The second-order valence-corrected chi connectivity index (χ2v) is 5.20. The van der Waals surface area contributed by atoms with Gasteiger partial charge in [-0.25, -0.2) is 0 Å². The van der Waals surface area contributed by atoms with Gasteiger partial charge in [-0.1, -0.05) is 13.8 Å². The van der Waals surface area contributed by atoms with Crippen molar-refractivity contribution in [1.82, 2.24) is 0 Å². The van der Waals surface area contributed by atoms with Crippen LogP contribution in [0.3, 0.4) is 0 Å². The Morgan fingerprint density at radius 2 is 2.08 bits per heavy atom. The molecule has 1 aliphatic heterocycles. The van der Waals surface area contributed by atoms with E-state index in [0.29, 0.717) is 23.7 Å². The molecular weight excluding hydrogens is 152 g/mol. The maximum Gasteiger partial charge on any atom is 0.142 e. The molecule has 3 rings (SSSR count). The van der Waals surface area contributed by atoms with E-state index < -0.39 is 0 Å². The van der Waals surface area contributed by atoms with Gasteiger partial charge in [-0.05, 0) is 13.3 Å². The number of fused-ring (bicyclic) bond motifs is 3. The van der Waals surface area contributed by atoms with Crippen molar-refractivity contribution < 1.29 is 9.53 Å². The van der Waals surface area contributed by atoms with Gasteiger partial charge in [0.2, 0.25) is 0 Å². The van der Waals surface area contributed by atoms with Gasteiger partial charge < -0.3 is 4.74 Å². The van der Waals surface area contributed by atoms with Crippen LogP contribution >= 0.6 is 0 Å². The second kappa shape index (κ2) is 1.50. The third-order valence-corrected chi connectivity index (χ3v) is 4.22. The van der Waals surface area contributed by atoms with E-state index in [1.54, 1.807) is 0 Å². The minimum absolute atomic E-state index is 0.0715. The van der Waals surface area contributed by atoms with Crippen molar-refractivity contribution in [3.05, 3.63) is 0 Å². The van der Waals surface area contributed by atoms with Gasteiger partial charge in [-0.15, -0.1) is 0 Å². The first kappa shape index (κ1) is 7.07. The lowest BCUT2D eigenvalue weighted by Crippen LogP contribution is -2.56. The molecule has 0 aromatic heterocycles. The van der Waals surface area contributed by atoms with Crippen molar-refractivity contribution in [2.75, 3.05) is 0 Å². The number of hydrogen-bond donors (Lipinski definition) is 0. The van der Waals surface area contributed by atoms with Crippen LogP contribution in [0.5, 0.6) is 0 Å². The van der Waals surface area contributed by atoms with Gasteiger partial charge in [0.25, 0.3) is 0 Å². The summed E-state index contributed by atoms with van der Waals surface area (Å²) in [5.41, 5.74) is -0.0350. The number of ether oxygens (including phenoxy) is 1. The van der Waals surface area contributed by atoms with Gasteiger partial charge in [0, 0.05) is 17.3 Å². The molecule has 0 aromatic rings. The average molecular weight is 166 g/mol. The van der Waals surface area contributed by atoms with Crippen molar-refractivity contribution in [2.45, 2.75) is 38.9 Å². The molecule has 0 amide bonds. The smallest absolute Gasteiger partial charge is 0.142 e. The molecule has 0 N–H and O–H groups in total. The molecule has 0 unspecified atom stereocenters. The lowest BCUT2D eigenvalue weighted by molar-refractivity contribution is -0.158. The number of epoxide rings is 1. The first-order valence-electron chi connectivity index (χ1n) is 4.70. The third-order valence-electron chi connectivity index (χ3n) is 4.22. The Kier molecular flexibility index (Phi) is 0.885. The van der Waals surface area contributed by atoms with Gasteiger partial charge in [0.1, 0.15) is 5.78 Å². The van der Waals surface area contributed by atoms with Gasteiger partial charge in [-0.2, -0.15) is 0 Å². The van der Waals surface area contributed by atoms with Crippen LogP contribution < -0.4 is 0 Å². The van der Waals surface area contributed by atoms with E-state index in [0.717, 1.165) is 6.42 Å². The Hall–Kier alpha value is -0.370. The van der Waals surface area contributed by atoms with E-state index in [1.807, 2.05) is 0 Å². The van der Waals surface area contributed by atoms with Crippen molar-refractivity contribution in [1.29, 1.82) is 0 Å². The van der Waals surface area contributed by atoms with Crippen LogP contribution in [0.2, 0.25) is 0 Å². The SMILES string of the molecule is CC1(C)C(=O)[C@@H]2C[C@H]3O[C@@]3(C)[C@@H]21. The molecule has 2 heteroatoms. The molecule has 12 heavy (non-hydrogen) atoms. The maximum atomic E-state index is 11.6. The van der Waals surface area contributed by atoms with E-state index in [2.05, 4.69) is 20.8 Å². The van der Waals surface area contributed by atoms with Crippen molar-refractivity contribution >= 4 is 5.78 Å². The van der Waals surface area contributed by atoms with E-state index in [4.69, 9.17) is 4.74 Å². The highest BCUT2D eigenvalue weighted by Crippen LogP contribution is 2.68. The molecular formula is C10H14O2. The minimum atomic E-state index is -0.106. The summed E-state index contributed by atoms with van der Waals surface area (Å²) in [6.45, 7) is 6.29. The van der Waals surface area contributed by atoms with Crippen LogP contribution in [0.25, 0.3) is 0 Å². The average Bonchev–Trinajstić information content (AvgIpc) is 2.52. The second-order valence-electron chi connectivity index (χ2n) is 5.20. The zero-order valence-electron chi connectivity index (χ0n) is 7.76. The number of rotatable bonds is 0. The standard InChI is InChI=1S/C10H14O2/c1-9(2)7-5(8(9)11)4-6-10(7,3)12-6/h5-7H,4H2,1-3H3/t5-,6-,7+,10-/m1/s1. The van der Waals surface area contributed by atoms with E-state index >= 15 is 0 Å². The van der Waals surface area contributed by atoms with Crippen molar-refractivity contribution in [2.24, 2.45) is 17.3 Å². The molecule has 0 aromatic carbocycles. The Bertz CT molecular complexity index is 282. The molecule has 3 aliphatic rings. The number of hydrogen-bond acceptors (Lipinski definition) is 2. The minimum Gasteiger partial charge on any atom is -0.366 e. The van der Waals surface area contributed by atoms with Crippen LogP contribution in [-0.4, -0.2) is 17.5 Å². The van der Waals surface area contributed by atoms with Gasteiger partial charge >= 0.3 is 0 Å². The first-order chi connectivity index (χ1) is 5.48.